The topological polar surface area (TPSA) is 55.4 Å². The van der Waals surface area contributed by atoms with Crippen molar-refractivity contribution in [3.05, 3.63) is 0 Å². The second-order valence-corrected chi connectivity index (χ2v) is 5.75. The van der Waals surface area contributed by atoms with Crippen molar-refractivity contribution < 1.29 is 14.3 Å². The Hall–Kier alpha value is -0.710. The first-order valence-electron chi connectivity index (χ1n) is 5.16. The van der Waals surface area contributed by atoms with Gasteiger partial charge in [0.25, 0.3) is 0 Å². The van der Waals surface area contributed by atoms with Crippen LogP contribution in [0.25, 0.3) is 0 Å². The third-order valence-corrected chi connectivity index (χ3v) is 2.51. The standard InChI is InChI=1S/C11H21NO3S/c1-11(2,3)6-9(13)12-8(7-16-5)10(14)15-4/h8H,6-7H2,1-5H3,(H,12,13)/t8-/m1/s1. The lowest BCUT2D eigenvalue weighted by Gasteiger charge is -2.20. The molecule has 16 heavy (non-hydrogen) atoms. The minimum Gasteiger partial charge on any atom is -0.467 e. The van der Waals surface area contributed by atoms with Crippen LogP contribution in [-0.4, -0.2) is 37.0 Å². The average molecular weight is 247 g/mol. The number of methoxy groups -OCH3 is 1. The van der Waals surface area contributed by atoms with E-state index in [-0.39, 0.29) is 11.3 Å². The Kier molecular flexibility index (Phi) is 6.48. The number of rotatable bonds is 5. The van der Waals surface area contributed by atoms with Crippen LogP contribution in [0.1, 0.15) is 27.2 Å². The van der Waals surface area contributed by atoms with Gasteiger partial charge >= 0.3 is 5.97 Å². The zero-order chi connectivity index (χ0) is 12.8. The molecule has 0 saturated heterocycles. The Bertz CT molecular complexity index is 248. The van der Waals surface area contributed by atoms with E-state index < -0.39 is 12.0 Å². The van der Waals surface area contributed by atoms with Crippen molar-refractivity contribution in [1.82, 2.24) is 5.32 Å². The summed E-state index contributed by atoms with van der Waals surface area (Å²) in [5.74, 6) is 0.0243. The molecule has 1 N–H and O–H groups in total. The molecular weight excluding hydrogens is 226 g/mol. The van der Waals surface area contributed by atoms with Gasteiger partial charge in [-0.3, -0.25) is 4.79 Å². The first-order chi connectivity index (χ1) is 7.30. The maximum absolute atomic E-state index is 11.6. The summed E-state index contributed by atoms with van der Waals surface area (Å²) in [7, 11) is 1.32. The number of hydrogen-bond acceptors (Lipinski definition) is 4. The number of carbonyl (C=O) groups excluding carboxylic acids is 2. The Morgan fingerprint density at radius 2 is 1.94 bits per heavy atom. The van der Waals surface area contributed by atoms with E-state index in [9.17, 15) is 9.59 Å². The van der Waals surface area contributed by atoms with E-state index in [1.54, 1.807) is 0 Å². The predicted octanol–water partition coefficient (Wildman–Crippen LogP) is 1.44. The number of hydrogen-bond donors (Lipinski definition) is 1. The first kappa shape index (κ1) is 15.3. The lowest BCUT2D eigenvalue weighted by Crippen LogP contribution is -2.44. The van der Waals surface area contributed by atoms with Gasteiger partial charge < -0.3 is 10.1 Å². The first-order valence-corrected chi connectivity index (χ1v) is 6.55. The van der Waals surface area contributed by atoms with Crippen molar-refractivity contribution in [2.75, 3.05) is 19.1 Å². The van der Waals surface area contributed by atoms with E-state index in [4.69, 9.17) is 0 Å². The van der Waals surface area contributed by atoms with Crippen LogP contribution in [0.15, 0.2) is 0 Å². The van der Waals surface area contributed by atoms with Crippen molar-refractivity contribution in [1.29, 1.82) is 0 Å². The average Bonchev–Trinajstić information content (AvgIpc) is 2.13. The molecule has 0 aromatic carbocycles. The third-order valence-electron chi connectivity index (χ3n) is 1.85. The molecule has 0 unspecified atom stereocenters. The normalized spacial score (nSPS) is 13.1. The molecule has 94 valence electrons. The summed E-state index contributed by atoms with van der Waals surface area (Å²) in [6.45, 7) is 5.94. The van der Waals surface area contributed by atoms with Gasteiger partial charge in [0.05, 0.1) is 7.11 Å². The summed E-state index contributed by atoms with van der Waals surface area (Å²) in [4.78, 5) is 23.0. The number of ether oxygens (including phenoxy) is 1. The van der Waals surface area contributed by atoms with E-state index in [0.717, 1.165) is 0 Å². The summed E-state index contributed by atoms with van der Waals surface area (Å²) >= 11 is 1.50. The van der Waals surface area contributed by atoms with E-state index in [2.05, 4.69) is 10.1 Å². The molecule has 0 saturated carbocycles. The fourth-order valence-corrected chi connectivity index (χ4v) is 1.76. The van der Waals surface area contributed by atoms with Crippen molar-refractivity contribution in [2.45, 2.75) is 33.2 Å². The quantitative estimate of drug-likeness (QED) is 0.747. The Morgan fingerprint density at radius 3 is 2.31 bits per heavy atom. The highest BCUT2D eigenvalue weighted by atomic mass is 32.2. The third kappa shape index (κ3) is 6.71. The molecule has 0 aromatic heterocycles. The van der Waals surface area contributed by atoms with Crippen LogP contribution >= 0.6 is 11.8 Å². The fourth-order valence-electron chi connectivity index (χ4n) is 1.20. The molecule has 0 fully saturated rings. The highest BCUT2D eigenvalue weighted by molar-refractivity contribution is 7.98. The van der Waals surface area contributed by atoms with Crippen molar-refractivity contribution in [3.8, 4) is 0 Å². The number of esters is 1. The van der Waals surface area contributed by atoms with E-state index in [0.29, 0.717) is 12.2 Å². The summed E-state index contributed by atoms with van der Waals surface area (Å²) in [5.41, 5.74) is -0.0793. The number of nitrogens with one attached hydrogen (secondary N) is 1. The lowest BCUT2D eigenvalue weighted by molar-refractivity contribution is -0.144. The molecular formula is C11H21NO3S. The predicted molar refractivity (Wildman–Crippen MR) is 66.4 cm³/mol. The molecule has 4 nitrogen and oxygen atoms in total. The molecule has 0 aromatic rings. The zero-order valence-corrected chi connectivity index (χ0v) is 11.4. The molecule has 1 amide bonds. The maximum atomic E-state index is 11.6. The van der Waals surface area contributed by atoms with Crippen LogP contribution in [0.2, 0.25) is 0 Å². The summed E-state index contributed by atoms with van der Waals surface area (Å²) in [6, 6.07) is -0.546. The smallest absolute Gasteiger partial charge is 0.329 e. The highest BCUT2D eigenvalue weighted by Crippen LogP contribution is 2.18. The molecule has 0 rings (SSSR count). The largest absolute Gasteiger partial charge is 0.467 e. The fraction of sp³-hybridized carbons (Fsp3) is 0.818. The van der Waals surface area contributed by atoms with Crippen LogP contribution < -0.4 is 5.32 Å². The van der Waals surface area contributed by atoms with Crippen LogP contribution in [0.3, 0.4) is 0 Å². The van der Waals surface area contributed by atoms with Gasteiger partial charge in [0.1, 0.15) is 6.04 Å². The second-order valence-electron chi connectivity index (χ2n) is 4.84. The van der Waals surface area contributed by atoms with Crippen LogP contribution in [0.4, 0.5) is 0 Å². The molecule has 0 spiro atoms. The minimum absolute atomic E-state index is 0.0793. The summed E-state index contributed by atoms with van der Waals surface area (Å²) in [5, 5.41) is 2.69. The summed E-state index contributed by atoms with van der Waals surface area (Å²) < 4.78 is 4.63. The van der Waals surface area contributed by atoms with Gasteiger partial charge in [-0.15, -0.1) is 0 Å². The van der Waals surface area contributed by atoms with Crippen molar-refractivity contribution >= 4 is 23.6 Å². The number of carbonyl (C=O) groups is 2. The molecule has 0 aliphatic carbocycles. The molecule has 0 heterocycles. The molecule has 0 aliphatic rings. The van der Waals surface area contributed by atoms with E-state index >= 15 is 0 Å². The number of amides is 1. The SMILES string of the molecule is COC(=O)[C@@H](CSC)NC(=O)CC(C)(C)C. The van der Waals surface area contributed by atoms with Crippen molar-refractivity contribution in [3.63, 3.8) is 0 Å². The molecule has 0 radical (unpaired) electrons. The van der Waals surface area contributed by atoms with Crippen LogP contribution in [-0.2, 0) is 14.3 Å². The van der Waals surface area contributed by atoms with Gasteiger partial charge in [0, 0.05) is 12.2 Å². The van der Waals surface area contributed by atoms with Gasteiger partial charge in [-0.05, 0) is 11.7 Å². The molecule has 0 aliphatic heterocycles. The minimum atomic E-state index is -0.546. The zero-order valence-electron chi connectivity index (χ0n) is 10.6. The maximum Gasteiger partial charge on any atom is 0.329 e. The lowest BCUT2D eigenvalue weighted by atomic mass is 9.92. The van der Waals surface area contributed by atoms with Crippen LogP contribution in [0, 0.1) is 5.41 Å². The van der Waals surface area contributed by atoms with Crippen molar-refractivity contribution in [2.24, 2.45) is 5.41 Å². The van der Waals surface area contributed by atoms with Gasteiger partial charge in [-0.25, -0.2) is 4.79 Å². The Labute approximate surface area is 101 Å². The van der Waals surface area contributed by atoms with Gasteiger partial charge in [-0.1, -0.05) is 20.8 Å². The van der Waals surface area contributed by atoms with Gasteiger partial charge in [-0.2, -0.15) is 11.8 Å². The molecule has 0 bridgehead atoms. The van der Waals surface area contributed by atoms with Crippen LogP contribution in [0.5, 0.6) is 0 Å². The monoisotopic (exact) mass is 247 g/mol. The molecule has 5 heteroatoms. The van der Waals surface area contributed by atoms with E-state index in [1.165, 1.54) is 18.9 Å². The Balaban J connectivity index is 4.29. The Morgan fingerprint density at radius 1 is 1.38 bits per heavy atom. The second kappa shape index (κ2) is 6.78. The van der Waals surface area contributed by atoms with E-state index in [1.807, 2.05) is 27.0 Å². The van der Waals surface area contributed by atoms with Gasteiger partial charge in [0.2, 0.25) is 5.91 Å². The highest BCUT2D eigenvalue weighted by Gasteiger charge is 2.23. The number of thioether (sulfide) groups is 1. The molecule has 1 atom stereocenters. The van der Waals surface area contributed by atoms with Gasteiger partial charge in [0.15, 0.2) is 0 Å². The summed E-state index contributed by atoms with van der Waals surface area (Å²) in [6.07, 6.45) is 2.28.